The molecule has 86 valence electrons. The smallest absolute Gasteiger partial charge is 0.318 e. The Morgan fingerprint density at radius 3 is 2.80 bits per heavy atom. The molecule has 5 nitrogen and oxygen atoms in total. The van der Waals surface area contributed by atoms with E-state index in [2.05, 4.69) is 12.2 Å². The van der Waals surface area contributed by atoms with Gasteiger partial charge in [0.25, 0.3) is 0 Å². The van der Waals surface area contributed by atoms with Gasteiger partial charge in [-0.15, -0.1) is 0 Å². The van der Waals surface area contributed by atoms with Gasteiger partial charge in [0, 0.05) is 11.3 Å². The van der Waals surface area contributed by atoms with Crippen LogP contribution in [0.3, 0.4) is 0 Å². The highest BCUT2D eigenvalue weighted by molar-refractivity contribution is 8.00. The van der Waals surface area contributed by atoms with Crippen molar-refractivity contribution >= 4 is 23.7 Å². The number of rotatable bonds is 4. The van der Waals surface area contributed by atoms with Crippen LogP contribution in [0.1, 0.15) is 19.8 Å². The molecule has 1 aliphatic rings. The molecule has 6 heteroatoms. The molecule has 1 aliphatic heterocycles. The van der Waals surface area contributed by atoms with Crippen LogP contribution in [-0.2, 0) is 4.79 Å². The van der Waals surface area contributed by atoms with E-state index in [-0.39, 0.29) is 17.2 Å². The summed E-state index contributed by atoms with van der Waals surface area (Å²) in [6.07, 6.45) is 2.40. The molecule has 0 aliphatic carbocycles. The zero-order valence-corrected chi connectivity index (χ0v) is 9.65. The molecule has 3 amide bonds. The number of amides is 3. The first-order valence-electron chi connectivity index (χ1n) is 4.96. The highest BCUT2D eigenvalue weighted by atomic mass is 32.2. The normalized spacial score (nSPS) is 25.1. The highest BCUT2D eigenvalue weighted by Gasteiger charge is 2.28. The molecular formula is C9H17N3O2S. The third-order valence-electron chi connectivity index (χ3n) is 2.35. The number of hydrogen-bond acceptors (Lipinski definition) is 4. The Hall–Kier alpha value is -0.750. The van der Waals surface area contributed by atoms with Crippen molar-refractivity contribution in [2.24, 2.45) is 5.73 Å². The van der Waals surface area contributed by atoms with Gasteiger partial charge in [-0.05, 0) is 25.5 Å². The van der Waals surface area contributed by atoms with E-state index in [1.54, 1.807) is 0 Å². The second-order valence-corrected chi connectivity index (χ2v) is 5.60. The van der Waals surface area contributed by atoms with Crippen LogP contribution in [-0.4, -0.2) is 35.5 Å². The van der Waals surface area contributed by atoms with E-state index in [9.17, 15) is 9.59 Å². The molecule has 4 N–H and O–H groups in total. The number of primary amides is 1. The summed E-state index contributed by atoms with van der Waals surface area (Å²) < 4.78 is 0.229. The SMILES string of the molecule is CC1(CNCC(=O)NC(N)=O)CCCS1. The molecule has 15 heavy (non-hydrogen) atoms. The molecule has 0 saturated carbocycles. The van der Waals surface area contributed by atoms with Crippen molar-refractivity contribution < 1.29 is 9.59 Å². The van der Waals surface area contributed by atoms with Crippen LogP contribution in [0.4, 0.5) is 4.79 Å². The van der Waals surface area contributed by atoms with Crippen molar-refractivity contribution in [1.82, 2.24) is 10.6 Å². The highest BCUT2D eigenvalue weighted by Crippen LogP contribution is 2.36. The van der Waals surface area contributed by atoms with Gasteiger partial charge in [0.15, 0.2) is 0 Å². The molecule has 1 rings (SSSR count). The molecule has 1 saturated heterocycles. The summed E-state index contributed by atoms with van der Waals surface area (Å²) in [6.45, 7) is 3.10. The number of hydrogen-bond donors (Lipinski definition) is 3. The molecule has 0 aromatic rings. The second kappa shape index (κ2) is 5.37. The predicted molar refractivity (Wildman–Crippen MR) is 60.7 cm³/mol. The van der Waals surface area contributed by atoms with Crippen molar-refractivity contribution in [2.75, 3.05) is 18.8 Å². The largest absolute Gasteiger partial charge is 0.351 e. The third kappa shape index (κ3) is 4.53. The number of carbonyl (C=O) groups is 2. The molecule has 0 aromatic carbocycles. The van der Waals surface area contributed by atoms with Gasteiger partial charge in [-0.2, -0.15) is 11.8 Å². The summed E-state index contributed by atoms with van der Waals surface area (Å²) in [5, 5.41) is 5.04. The Bertz CT molecular complexity index is 252. The van der Waals surface area contributed by atoms with Gasteiger partial charge in [0.1, 0.15) is 0 Å². The molecule has 0 radical (unpaired) electrons. The quantitative estimate of drug-likeness (QED) is 0.638. The average Bonchev–Trinajstić information content (AvgIpc) is 2.51. The van der Waals surface area contributed by atoms with E-state index in [1.807, 2.05) is 17.1 Å². The Balaban J connectivity index is 2.15. The molecule has 1 heterocycles. The van der Waals surface area contributed by atoms with E-state index in [4.69, 9.17) is 5.73 Å². The summed E-state index contributed by atoms with van der Waals surface area (Å²) in [6, 6.07) is -0.803. The van der Waals surface area contributed by atoms with E-state index in [0.717, 1.165) is 6.54 Å². The third-order valence-corrected chi connectivity index (χ3v) is 3.89. The van der Waals surface area contributed by atoms with E-state index in [1.165, 1.54) is 18.6 Å². The number of nitrogens with one attached hydrogen (secondary N) is 2. The first-order valence-corrected chi connectivity index (χ1v) is 5.94. The maximum Gasteiger partial charge on any atom is 0.318 e. The van der Waals surface area contributed by atoms with Gasteiger partial charge in [-0.3, -0.25) is 10.1 Å². The van der Waals surface area contributed by atoms with Crippen LogP contribution in [0.2, 0.25) is 0 Å². The lowest BCUT2D eigenvalue weighted by Crippen LogP contribution is -2.43. The maximum absolute atomic E-state index is 11.1. The molecule has 1 unspecified atom stereocenters. The topological polar surface area (TPSA) is 84.2 Å². The van der Waals surface area contributed by atoms with Crippen molar-refractivity contribution in [3.8, 4) is 0 Å². The van der Waals surface area contributed by atoms with Crippen molar-refractivity contribution in [1.29, 1.82) is 0 Å². The zero-order valence-electron chi connectivity index (χ0n) is 8.84. The van der Waals surface area contributed by atoms with Gasteiger partial charge >= 0.3 is 6.03 Å². The number of carbonyl (C=O) groups excluding carboxylic acids is 2. The van der Waals surface area contributed by atoms with Gasteiger partial charge in [-0.1, -0.05) is 0 Å². The van der Waals surface area contributed by atoms with Gasteiger partial charge in [0.05, 0.1) is 6.54 Å². The van der Waals surface area contributed by atoms with Crippen LogP contribution in [0.5, 0.6) is 0 Å². The van der Waals surface area contributed by atoms with Crippen LogP contribution in [0, 0.1) is 0 Å². The van der Waals surface area contributed by atoms with Crippen molar-refractivity contribution in [2.45, 2.75) is 24.5 Å². The Morgan fingerprint density at radius 1 is 1.53 bits per heavy atom. The predicted octanol–water partition coefficient (Wildman–Crippen LogP) is 0.0566. The van der Waals surface area contributed by atoms with Crippen LogP contribution < -0.4 is 16.4 Å². The van der Waals surface area contributed by atoms with Gasteiger partial charge in [0.2, 0.25) is 5.91 Å². The van der Waals surface area contributed by atoms with Crippen LogP contribution in [0.25, 0.3) is 0 Å². The Morgan fingerprint density at radius 2 is 2.27 bits per heavy atom. The van der Waals surface area contributed by atoms with E-state index < -0.39 is 6.03 Å². The molecular weight excluding hydrogens is 214 g/mol. The lowest BCUT2D eigenvalue weighted by Gasteiger charge is -2.22. The maximum atomic E-state index is 11.1. The Kier molecular flexibility index (Phi) is 4.41. The lowest BCUT2D eigenvalue weighted by molar-refractivity contribution is -0.119. The minimum atomic E-state index is -0.803. The van der Waals surface area contributed by atoms with E-state index in [0.29, 0.717) is 0 Å². The van der Waals surface area contributed by atoms with Crippen molar-refractivity contribution in [3.05, 3.63) is 0 Å². The minimum Gasteiger partial charge on any atom is -0.351 e. The van der Waals surface area contributed by atoms with Gasteiger partial charge < -0.3 is 11.1 Å². The van der Waals surface area contributed by atoms with Crippen molar-refractivity contribution in [3.63, 3.8) is 0 Å². The summed E-state index contributed by atoms with van der Waals surface area (Å²) in [5.41, 5.74) is 4.81. The summed E-state index contributed by atoms with van der Waals surface area (Å²) in [4.78, 5) is 21.4. The molecule has 0 bridgehead atoms. The molecule has 0 aromatic heterocycles. The second-order valence-electron chi connectivity index (χ2n) is 3.92. The lowest BCUT2D eigenvalue weighted by atomic mass is 10.1. The minimum absolute atomic E-state index is 0.138. The average molecular weight is 231 g/mol. The van der Waals surface area contributed by atoms with Crippen LogP contribution in [0.15, 0.2) is 0 Å². The number of nitrogens with two attached hydrogens (primary N) is 1. The fourth-order valence-corrected chi connectivity index (χ4v) is 2.87. The van der Waals surface area contributed by atoms with Crippen LogP contribution >= 0.6 is 11.8 Å². The first kappa shape index (κ1) is 12.3. The fraction of sp³-hybridized carbons (Fsp3) is 0.778. The summed E-state index contributed by atoms with van der Waals surface area (Å²) >= 11 is 1.92. The monoisotopic (exact) mass is 231 g/mol. The van der Waals surface area contributed by atoms with Gasteiger partial charge in [-0.25, -0.2) is 4.79 Å². The number of urea groups is 1. The first-order chi connectivity index (χ1) is 7.02. The fourth-order valence-electron chi connectivity index (χ4n) is 1.60. The zero-order chi connectivity index (χ0) is 11.3. The molecule has 0 spiro atoms. The standard InChI is InChI=1S/C9H17N3O2S/c1-9(3-2-4-15-9)6-11-5-7(13)12-8(10)14/h11H,2-6H2,1H3,(H3,10,12,13,14). The van der Waals surface area contributed by atoms with E-state index >= 15 is 0 Å². The number of thioether (sulfide) groups is 1. The molecule has 1 atom stereocenters. The summed E-state index contributed by atoms with van der Waals surface area (Å²) in [5.74, 6) is 0.806. The summed E-state index contributed by atoms with van der Waals surface area (Å²) in [7, 11) is 0. The number of imide groups is 1. The Labute approximate surface area is 93.5 Å². The molecule has 1 fully saturated rings.